The zero-order chi connectivity index (χ0) is 22.0. The predicted octanol–water partition coefficient (Wildman–Crippen LogP) is 2.94. The molecule has 1 fully saturated rings. The van der Waals surface area contributed by atoms with Gasteiger partial charge in [0.2, 0.25) is 0 Å². The summed E-state index contributed by atoms with van der Waals surface area (Å²) < 4.78 is 6.75. The number of carbonyl (C=O) groups is 2. The standard InChI is InChI=1S/C23H22N4O4/c1-15-10-12-27(18-8-3-4-9-19(18)31-2)22(29)20(15)21(28)25-16-6-5-7-17(14-16)26-13-11-24-23(26)30/h3-10,12,14H,11,13H2,1-2H3,(H,24,30)(H,25,28). The van der Waals surface area contributed by atoms with Gasteiger partial charge in [0, 0.05) is 30.7 Å². The molecule has 8 heteroatoms. The number of hydrogen-bond donors (Lipinski definition) is 2. The normalized spacial score (nSPS) is 13.1. The highest BCUT2D eigenvalue weighted by atomic mass is 16.5. The van der Waals surface area contributed by atoms with E-state index in [2.05, 4.69) is 10.6 Å². The highest BCUT2D eigenvalue weighted by Gasteiger charge is 2.22. The number of aryl methyl sites for hydroxylation is 1. The number of amides is 3. The van der Waals surface area contributed by atoms with E-state index in [0.717, 1.165) is 0 Å². The van der Waals surface area contributed by atoms with Gasteiger partial charge in [-0.25, -0.2) is 4.79 Å². The van der Waals surface area contributed by atoms with Gasteiger partial charge in [0.05, 0.1) is 12.8 Å². The second kappa shape index (κ2) is 8.35. The number of nitrogens with one attached hydrogen (secondary N) is 2. The Kier molecular flexibility index (Phi) is 5.44. The minimum Gasteiger partial charge on any atom is -0.495 e. The lowest BCUT2D eigenvalue weighted by atomic mass is 10.1. The number of para-hydroxylation sites is 2. The SMILES string of the molecule is COc1ccccc1-n1ccc(C)c(C(=O)Nc2cccc(N3CCNC3=O)c2)c1=O. The average Bonchev–Trinajstić information content (AvgIpc) is 3.20. The number of ether oxygens (including phenoxy) is 1. The molecular formula is C23H22N4O4. The second-order valence-corrected chi connectivity index (χ2v) is 7.11. The van der Waals surface area contributed by atoms with Crippen molar-refractivity contribution >= 4 is 23.3 Å². The summed E-state index contributed by atoms with van der Waals surface area (Å²) >= 11 is 0. The van der Waals surface area contributed by atoms with E-state index >= 15 is 0 Å². The van der Waals surface area contributed by atoms with Crippen LogP contribution in [0.2, 0.25) is 0 Å². The van der Waals surface area contributed by atoms with Crippen LogP contribution >= 0.6 is 0 Å². The Hall–Kier alpha value is -4.07. The molecule has 8 nitrogen and oxygen atoms in total. The minimum atomic E-state index is -0.519. The van der Waals surface area contributed by atoms with Crippen LogP contribution in [0.25, 0.3) is 5.69 Å². The predicted molar refractivity (Wildman–Crippen MR) is 118 cm³/mol. The van der Waals surface area contributed by atoms with Crippen molar-refractivity contribution in [1.82, 2.24) is 9.88 Å². The number of hydrogen-bond acceptors (Lipinski definition) is 4. The number of nitrogens with zero attached hydrogens (tertiary/aromatic N) is 2. The maximum Gasteiger partial charge on any atom is 0.321 e. The van der Waals surface area contributed by atoms with E-state index in [4.69, 9.17) is 4.74 Å². The molecule has 1 aromatic heterocycles. The second-order valence-electron chi connectivity index (χ2n) is 7.11. The highest BCUT2D eigenvalue weighted by Crippen LogP contribution is 2.23. The molecule has 158 valence electrons. The van der Waals surface area contributed by atoms with Crippen LogP contribution in [0.4, 0.5) is 16.2 Å². The first-order chi connectivity index (χ1) is 15.0. The molecule has 3 amide bonds. The van der Waals surface area contributed by atoms with Crippen LogP contribution in [0, 0.1) is 6.92 Å². The third kappa shape index (κ3) is 3.87. The van der Waals surface area contributed by atoms with Gasteiger partial charge in [-0.2, -0.15) is 0 Å². The van der Waals surface area contributed by atoms with Crippen LogP contribution in [0.5, 0.6) is 5.75 Å². The fourth-order valence-corrected chi connectivity index (χ4v) is 3.58. The topological polar surface area (TPSA) is 92.7 Å². The minimum absolute atomic E-state index is 0.0396. The molecule has 0 radical (unpaired) electrons. The fraction of sp³-hybridized carbons (Fsp3) is 0.174. The van der Waals surface area contributed by atoms with Gasteiger partial charge in [-0.05, 0) is 48.9 Å². The molecule has 0 aliphatic carbocycles. The van der Waals surface area contributed by atoms with Crippen molar-refractivity contribution in [3.8, 4) is 11.4 Å². The van der Waals surface area contributed by atoms with E-state index in [0.29, 0.717) is 41.5 Å². The molecule has 0 saturated carbocycles. The van der Waals surface area contributed by atoms with Gasteiger partial charge in [-0.3, -0.25) is 19.1 Å². The lowest BCUT2D eigenvalue weighted by molar-refractivity contribution is 0.102. The molecule has 0 spiro atoms. The van der Waals surface area contributed by atoms with Gasteiger partial charge in [-0.15, -0.1) is 0 Å². The van der Waals surface area contributed by atoms with Gasteiger partial charge in [0.1, 0.15) is 11.3 Å². The first-order valence-electron chi connectivity index (χ1n) is 9.82. The Balaban J connectivity index is 1.67. The van der Waals surface area contributed by atoms with Crippen LogP contribution in [-0.4, -0.2) is 36.7 Å². The summed E-state index contributed by atoms with van der Waals surface area (Å²) in [4.78, 5) is 39.7. The molecule has 2 heterocycles. The quantitative estimate of drug-likeness (QED) is 0.666. The van der Waals surface area contributed by atoms with Crippen molar-refractivity contribution in [1.29, 1.82) is 0 Å². The zero-order valence-electron chi connectivity index (χ0n) is 17.2. The van der Waals surface area contributed by atoms with E-state index in [9.17, 15) is 14.4 Å². The lowest BCUT2D eigenvalue weighted by Crippen LogP contribution is -2.30. The molecule has 31 heavy (non-hydrogen) atoms. The van der Waals surface area contributed by atoms with Crippen LogP contribution in [0.3, 0.4) is 0 Å². The largest absolute Gasteiger partial charge is 0.495 e. The summed E-state index contributed by atoms with van der Waals surface area (Å²) in [5.41, 5.74) is 1.86. The number of rotatable bonds is 5. The third-order valence-electron chi connectivity index (χ3n) is 5.14. The Labute approximate surface area is 179 Å². The Morgan fingerprint density at radius 1 is 1.10 bits per heavy atom. The summed E-state index contributed by atoms with van der Waals surface area (Å²) in [6.45, 7) is 2.84. The molecule has 2 N–H and O–H groups in total. The molecule has 0 atom stereocenters. The van der Waals surface area contributed by atoms with E-state index in [1.54, 1.807) is 66.6 Å². The molecular weight excluding hydrogens is 396 g/mol. The lowest BCUT2D eigenvalue weighted by Gasteiger charge is -2.16. The smallest absolute Gasteiger partial charge is 0.321 e. The van der Waals surface area contributed by atoms with Gasteiger partial charge in [0.25, 0.3) is 11.5 Å². The molecule has 0 bridgehead atoms. The summed E-state index contributed by atoms with van der Waals surface area (Å²) in [5, 5.41) is 5.53. The van der Waals surface area contributed by atoms with Crippen molar-refractivity contribution in [2.24, 2.45) is 0 Å². The highest BCUT2D eigenvalue weighted by molar-refractivity contribution is 6.05. The molecule has 3 aromatic rings. The average molecular weight is 418 g/mol. The van der Waals surface area contributed by atoms with E-state index in [1.165, 1.54) is 11.7 Å². The summed E-state index contributed by atoms with van der Waals surface area (Å²) in [6, 6.07) is 15.6. The van der Waals surface area contributed by atoms with Crippen molar-refractivity contribution in [3.63, 3.8) is 0 Å². The van der Waals surface area contributed by atoms with Crippen LogP contribution < -0.4 is 25.8 Å². The van der Waals surface area contributed by atoms with Crippen LogP contribution in [0.1, 0.15) is 15.9 Å². The van der Waals surface area contributed by atoms with E-state index in [1.807, 2.05) is 6.07 Å². The van der Waals surface area contributed by atoms with E-state index < -0.39 is 11.5 Å². The number of carbonyl (C=O) groups excluding carboxylic acids is 2. The fourth-order valence-electron chi connectivity index (χ4n) is 3.58. The van der Waals surface area contributed by atoms with Gasteiger partial charge in [-0.1, -0.05) is 18.2 Å². The van der Waals surface area contributed by atoms with Crippen LogP contribution in [0.15, 0.2) is 65.6 Å². The van der Waals surface area contributed by atoms with Crippen molar-refractivity contribution in [3.05, 3.63) is 82.3 Å². The first kappa shape index (κ1) is 20.2. The van der Waals surface area contributed by atoms with Crippen molar-refractivity contribution in [2.75, 3.05) is 30.4 Å². The van der Waals surface area contributed by atoms with Crippen molar-refractivity contribution < 1.29 is 14.3 Å². The Bertz CT molecular complexity index is 1220. The number of pyridine rings is 1. The summed E-state index contributed by atoms with van der Waals surface area (Å²) in [6.07, 6.45) is 1.62. The maximum atomic E-state index is 13.2. The number of benzene rings is 2. The summed E-state index contributed by atoms with van der Waals surface area (Å²) in [5.74, 6) is 0.00572. The molecule has 4 rings (SSSR count). The van der Waals surface area contributed by atoms with Crippen LogP contribution in [-0.2, 0) is 0 Å². The molecule has 1 aliphatic rings. The molecule has 0 unspecified atom stereocenters. The Morgan fingerprint density at radius 3 is 2.65 bits per heavy atom. The molecule has 1 saturated heterocycles. The van der Waals surface area contributed by atoms with E-state index in [-0.39, 0.29) is 11.6 Å². The van der Waals surface area contributed by atoms with Gasteiger partial charge < -0.3 is 15.4 Å². The number of anilines is 2. The van der Waals surface area contributed by atoms with Gasteiger partial charge in [0.15, 0.2) is 0 Å². The van der Waals surface area contributed by atoms with Gasteiger partial charge >= 0.3 is 6.03 Å². The monoisotopic (exact) mass is 418 g/mol. The number of methoxy groups -OCH3 is 1. The number of aromatic nitrogens is 1. The first-order valence-corrected chi connectivity index (χ1v) is 9.82. The zero-order valence-corrected chi connectivity index (χ0v) is 17.2. The molecule has 2 aromatic carbocycles. The maximum absolute atomic E-state index is 13.2. The van der Waals surface area contributed by atoms with Crippen molar-refractivity contribution in [2.45, 2.75) is 6.92 Å². The summed E-state index contributed by atoms with van der Waals surface area (Å²) in [7, 11) is 1.53. The number of urea groups is 1. The molecule has 1 aliphatic heterocycles. The third-order valence-corrected chi connectivity index (χ3v) is 5.14. The Morgan fingerprint density at radius 2 is 1.90 bits per heavy atom.